The number of carbonyl (C=O) groups excluding carboxylic acids is 2. The van der Waals surface area contributed by atoms with Gasteiger partial charge in [-0.2, -0.15) is 9.78 Å². The molecule has 0 bridgehead atoms. The highest BCUT2D eigenvalue weighted by atomic mass is 79.9. The number of amides is 1. The van der Waals surface area contributed by atoms with E-state index in [1.807, 2.05) is 0 Å². The molecule has 2 aromatic carbocycles. The third-order valence-corrected chi connectivity index (χ3v) is 4.94. The number of aromatic nitrogens is 2. The smallest absolute Gasteiger partial charge is 0.362 e. The van der Waals surface area contributed by atoms with Crippen molar-refractivity contribution in [3.8, 4) is 22.9 Å². The van der Waals surface area contributed by atoms with E-state index < -0.39 is 24.0 Å². The van der Waals surface area contributed by atoms with Gasteiger partial charge in [-0.1, -0.05) is 22.0 Å². The minimum atomic E-state index is -0.790. The van der Waals surface area contributed by atoms with Gasteiger partial charge < -0.3 is 24.3 Å². The van der Waals surface area contributed by atoms with Gasteiger partial charge in [-0.05, 0) is 37.3 Å². The number of carbonyl (C=O) groups is 2. The SMILES string of the molecule is CCOC(=O)c1nn(-c2cccc(Br)c2)c(=O)cc1OCC(=O)Nc1ccc(OC)c(OC)c1. The summed E-state index contributed by atoms with van der Waals surface area (Å²) in [7, 11) is 2.98. The van der Waals surface area contributed by atoms with Crippen molar-refractivity contribution >= 4 is 33.5 Å². The van der Waals surface area contributed by atoms with Crippen LogP contribution >= 0.6 is 15.9 Å². The van der Waals surface area contributed by atoms with E-state index in [2.05, 4.69) is 26.3 Å². The maximum absolute atomic E-state index is 12.7. The molecule has 10 nitrogen and oxygen atoms in total. The zero-order chi connectivity index (χ0) is 24.7. The topological polar surface area (TPSA) is 118 Å². The molecule has 1 amide bonds. The second-order valence-corrected chi connectivity index (χ2v) is 7.63. The van der Waals surface area contributed by atoms with Crippen molar-refractivity contribution in [3.63, 3.8) is 0 Å². The van der Waals surface area contributed by atoms with Crippen LogP contribution in [-0.4, -0.2) is 49.1 Å². The molecule has 1 aromatic heterocycles. The lowest BCUT2D eigenvalue weighted by Gasteiger charge is -2.13. The average Bonchev–Trinajstić information content (AvgIpc) is 2.82. The van der Waals surface area contributed by atoms with Crippen LogP contribution in [0.1, 0.15) is 17.4 Å². The van der Waals surface area contributed by atoms with Crippen molar-refractivity contribution < 1.29 is 28.5 Å². The zero-order valence-electron chi connectivity index (χ0n) is 18.7. The van der Waals surface area contributed by atoms with Crippen LogP contribution in [0.15, 0.2) is 57.8 Å². The van der Waals surface area contributed by atoms with E-state index in [4.69, 9.17) is 18.9 Å². The van der Waals surface area contributed by atoms with Gasteiger partial charge in [0.1, 0.15) is 0 Å². The molecule has 34 heavy (non-hydrogen) atoms. The summed E-state index contributed by atoms with van der Waals surface area (Å²) in [6.07, 6.45) is 0. The lowest BCUT2D eigenvalue weighted by molar-refractivity contribution is -0.118. The molecule has 0 unspecified atom stereocenters. The first-order valence-corrected chi connectivity index (χ1v) is 10.9. The van der Waals surface area contributed by atoms with Gasteiger partial charge in [0.15, 0.2) is 23.9 Å². The van der Waals surface area contributed by atoms with Gasteiger partial charge in [0.25, 0.3) is 11.5 Å². The molecular formula is C23H22BrN3O7. The number of rotatable bonds is 9. The molecule has 0 saturated carbocycles. The van der Waals surface area contributed by atoms with Crippen LogP contribution < -0.4 is 25.1 Å². The van der Waals surface area contributed by atoms with Gasteiger partial charge in [-0.25, -0.2) is 4.79 Å². The summed E-state index contributed by atoms with van der Waals surface area (Å²) in [5.74, 6) is -0.545. The van der Waals surface area contributed by atoms with E-state index in [1.54, 1.807) is 49.4 Å². The van der Waals surface area contributed by atoms with Crippen LogP contribution in [0.25, 0.3) is 5.69 Å². The molecule has 0 aliphatic heterocycles. The Kier molecular flexibility index (Phi) is 8.25. The maximum Gasteiger partial charge on any atom is 0.362 e. The standard InChI is InChI=1S/C23H22BrN3O7/c1-4-33-23(30)22-19(12-21(29)27(26-22)16-7-5-6-14(24)10-16)34-13-20(28)25-15-8-9-17(31-2)18(11-15)32-3/h5-12H,4,13H2,1-3H3,(H,25,28). The largest absolute Gasteiger partial charge is 0.493 e. The Morgan fingerprint density at radius 1 is 1.03 bits per heavy atom. The number of nitrogens with one attached hydrogen (secondary N) is 1. The molecule has 3 rings (SSSR count). The van der Waals surface area contributed by atoms with Crippen LogP contribution in [0.4, 0.5) is 5.69 Å². The van der Waals surface area contributed by atoms with E-state index in [1.165, 1.54) is 14.2 Å². The van der Waals surface area contributed by atoms with Crippen molar-refractivity contribution in [1.82, 2.24) is 9.78 Å². The van der Waals surface area contributed by atoms with E-state index in [-0.39, 0.29) is 18.1 Å². The number of benzene rings is 2. The highest BCUT2D eigenvalue weighted by Gasteiger charge is 2.21. The number of ether oxygens (including phenoxy) is 4. The molecule has 11 heteroatoms. The third-order valence-electron chi connectivity index (χ3n) is 4.44. The van der Waals surface area contributed by atoms with Crippen LogP contribution in [0.5, 0.6) is 17.2 Å². The van der Waals surface area contributed by atoms with Crippen LogP contribution in [-0.2, 0) is 9.53 Å². The Labute approximate surface area is 203 Å². The highest BCUT2D eigenvalue weighted by Crippen LogP contribution is 2.29. The molecule has 0 aliphatic carbocycles. The first-order chi connectivity index (χ1) is 16.4. The molecular weight excluding hydrogens is 510 g/mol. The number of anilines is 1. The fourth-order valence-electron chi connectivity index (χ4n) is 2.94. The number of halogens is 1. The molecule has 0 spiro atoms. The maximum atomic E-state index is 12.7. The van der Waals surface area contributed by atoms with Crippen molar-refractivity contribution in [2.24, 2.45) is 0 Å². The Hall–Kier alpha value is -3.86. The molecule has 0 fully saturated rings. The average molecular weight is 532 g/mol. The molecule has 178 valence electrons. The van der Waals surface area contributed by atoms with Gasteiger partial charge >= 0.3 is 5.97 Å². The first kappa shape index (κ1) is 24.8. The summed E-state index contributed by atoms with van der Waals surface area (Å²) in [6.45, 7) is 1.25. The monoisotopic (exact) mass is 531 g/mol. The molecule has 3 aromatic rings. The Bertz CT molecular complexity index is 1260. The van der Waals surface area contributed by atoms with Gasteiger partial charge in [0.05, 0.1) is 32.6 Å². The lowest BCUT2D eigenvalue weighted by atomic mass is 10.2. The second kappa shape index (κ2) is 11.3. The molecule has 1 heterocycles. The van der Waals surface area contributed by atoms with Crippen molar-refractivity contribution in [2.45, 2.75) is 6.92 Å². The third kappa shape index (κ3) is 5.93. The fourth-order valence-corrected chi connectivity index (χ4v) is 3.33. The molecule has 0 aliphatic rings. The van der Waals surface area contributed by atoms with Gasteiger partial charge in [0, 0.05) is 16.2 Å². The molecule has 1 N–H and O–H groups in total. The summed E-state index contributed by atoms with van der Waals surface area (Å²) in [5, 5.41) is 6.77. The molecule has 0 radical (unpaired) electrons. The van der Waals surface area contributed by atoms with Crippen LogP contribution in [0, 0.1) is 0 Å². The summed E-state index contributed by atoms with van der Waals surface area (Å²) in [5.41, 5.74) is 0.0875. The minimum absolute atomic E-state index is 0.0930. The normalized spacial score (nSPS) is 10.4. The lowest BCUT2D eigenvalue weighted by Crippen LogP contribution is -2.27. The second-order valence-electron chi connectivity index (χ2n) is 6.71. The Morgan fingerprint density at radius 2 is 1.79 bits per heavy atom. The quantitative estimate of drug-likeness (QED) is 0.418. The number of esters is 1. The van der Waals surface area contributed by atoms with E-state index in [0.29, 0.717) is 22.9 Å². The fraction of sp³-hybridized carbons (Fsp3) is 0.217. The summed E-state index contributed by atoms with van der Waals surface area (Å²) in [6, 6.07) is 12.8. The van der Waals surface area contributed by atoms with Gasteiger partial charge in [-0.15, -0.1) is 0 Å². The number of nitrogens with zero attached hydrogens (tertiary/aromatic N) is 2. The number of hydrogen-bond acceptors (Lipinski definition) is 8. The highest BCUT2D eigenvalue weighted by molar-refractivity contribution is 9.10. The molecule has 0 atom stereocenters. The van der Waals surface area contributed by atoms with Crippen LogP contribution in [0.2, 0.25) is 0 Å². The van der Waals surface area contributed by atoms with Crippen molar-refractivity contribution in [3.05, 3.63) is 69.1 Å². The predicted molar refractivity (Wildman–Crippen MR) is 127 cm³/mol. The first-order valence-electron chi connectivity index (χ1n) is 10.1. The van der Waals surface area contributed by atoms with Gasteiger partial charge in [-0.3, -0.25) is 9.59 Å². The summed E-state index contributed by atoms with van der Waals surface area (Å²) in [4.78, 5) is 37.6. The number of methoxy groups -OCH3 is 2. The Balaban J connectivity index is 1.83. The molecule has 0 saturated heterocycles. The van der Waals surface area contributed by atoms with Crippen molar-refractivity contribution in [2.75, 3.05) is 32.8 Å². The van der Waals surface area contributed by atoms with Crippen molar-refractivity contribution in [1.29, 1.82) is 0 Å². The Morgan fingerprint density at radius 3 is 2.47 bits per heavy atom. The summed E-state index contributed by atoms with van der Waals surface area (Å²) < 4.78 is 22.7. The van der Waals surface area contributed by atoms with E-state index in [9.17, 15) is 14.4 Å². The van der Waals surface area contributed by atoms with E-state index in [0.717, 1.165) is 15.2 Å². The van der Waals surface area contributed by atoms with Crippen LogP contribution in [0.3, 0.4) is 0 Å². The van der Waals surface area contributed by atoms with Gasteiger partial charge in [0.2, 0.25) is 5.69 Å². The number of hydrogen-bond donors (Lipinski definition) is 1. The van der Waals surface area contributed by atoms with E-state index >= 15 is 0 Å². The zero-order valence-corrected chi connectivity index (χ0v) is 20.2. The minimum Gasteiger partial charge on any atom is -0.493 e. The summed E-state index contributed by atoms with van der Waals surface area (Å²) >= 11 is 3.34. The predicted octanol–water partition coefficient (Wildman–Crippen LogP) is 3.21.